The molecule has 3 heteroatoms. The van der Waals surface area contributed by atoms with Gasteiger partial charge in [-0.25, -0.2) is 0 Å². The lowest BCUT2D eigenvalue weighted by atomic mass is 9.61. The summed E-state index contributed by atoms with van der Waals surface area (Å²) in [5.74, 6) is 1.62. The fourth-order valence-corrected chi connectivity index (χ4v) is 8.71. The van der Waals surface area contributed by atoms with Gasteiger partial charge in [-0.3, -0.25) is 0 Å². The maximum Gasteiger partial charge on any atom is 0.0817 e. The second-order valence-corrected chi connectivity index (χ2v) is 14.2. The molecule has 3 nitrogen and oxygen atoms in total. The van der Waals surface area contributed by atoms with Crippen LogP contribution in [0.4, 0.5) is 0 Å². The van der Waals surface area contributed by atoms with Gasteiger partial charge in [0.15, 0.2) is 0 Å². The molecular weight excluding hydrogens is 504 g/mol. The summed E-state index contributed by atoms with van der Waals surface area (Å²) in [7, 11) is 0. The fourth-order valence-electron chi connectivity index (χ4n) is 8.71. The Hall–Kier alpha value is -1.94. The summed E-state index contributed by atoms with van der Waals surface area (Å²) in [6.45, 7) is 11.2. The average Bonchev–Trinajstić information content (AvgIpc) is 3.69. The van der Waals surface area contributed by atoms with E-state index in [2.05, 4.69) is 75.9 Å². The van der Waals surface area contributed by atoms with Crippen molar-refractivity contribution in [1.82, 2.24) is 0 Å². The first-order chi connectivity index (χ1) is 19.7. The van der Waals surface area contributed by atoms with Gasteiger partial charge in [0.2, 0.25) is 0 Å². The third-order valence-corrected chi connectivity index (χ3v) is 11.5. The van der Waals surface area contributed by atoms with Crippen molar-refractivity contribution in [3.05, 3.63) is 83.0 Å². The minimum absolute atomic E-state index is 0.0996. The summed E-state index contributed by atoms with van der Waals surface area (Å²) in [4.78, 5) is 0. The minimum atomic E-state index is -0.636. The molecule has 0 spiro atoms. The molecule has 0 aliphatic heterocycles. The number of rotatable bonds is 10. The number of benzene rings is 1. The Kier molecular flexibility index (Phi) is 9.48. The van der Waals surface area contributed by atoms with Gasteiger partial charge in [-0.1, -0.05) is 94.3 Å². The van der Waals surface area contributed by atoms with E-state index < -0.39 is 18.3 Å². The summed E-state index contributed by atoms with van der Waals surface area (Å²) in [6.07, 6.45) is 21.4. The van der Waals surface area contributed by atoms with E-state index in [-0.39, 0.29) is 10.8 Å². The molecule has 5 rings (SSSR count). The zero-order valence-electron chi connectivity index (χ0n) is 25.8. The van der Waals surface area contributed by atoms with E-state index in [1.54, 1.807) is 0 Å². The Bertz CT molecular complexity index is 1170. The van der Waals surface area contributed by atoms with E-state index in [0.717, 1.165) is 36.8 Å². The minimum Gasteiger partial charge on any atom is -0.393 e. The first-order valence-electron chi connectivity index (χ1n) is 16.6. The maximum absolute atomic E-state index is 11.4. The summed E-state index contributed by atoms with van der Waals surface area (Å²) >= 11 is 0. The SMILES string of the molecule is C=C1C(=CC=C2CCC[C@]3(C)[C@@H]([C@H](C)C=C[C@H](O)C4(c5cccc(CCCCC)c5)CC4)CC[C@@H]23)C[C@@H](O)C[C@@H]1O. The zero-order chi connectivity index (χ0) is 29.2. The van der Waals surface area contributed by atoms with Crippen molar-refractivity contribution in [3.8, 4) is 0 Å². The van der Waals surface area contributed by atoms with E-state index in [1.165, 1.54) is 61.6 Å². The van der Waals surface area contributed by atoms with Crippen LogP contribution < -0.4 is 0 Å². The number of aliphatic hydroxyl groups is 3. The smallest absolute Gasteiger partial charge is 0.0817 e. The van der Waals surface area contributed by atoms with Gasteiger partial charge in [-0.05, 0) is 110 Å². The Morgan fingerprint density at radius 2 is 1.88 bits per heavy atom. The number of aryl methyl sites for hydroxylation is 1. The van der Waals surface area contributed by atoms with Gasteiger partial charge in [0.05, 0.1) is 18.3 Å². The third-order valence-electron chi connectivity index (χ3n) is 11.5. The number of allylic oxidation sites excluding steroid dienone is 4. The van der Waals surface area contributed by atoms with Crippen LogP contribution in [0, 0.1) is 23.2 Å². The van der Waals surface area contributed by atoms with Crippen LogP contribution in [0.25, 0.3) is 0 Å². The standard InChI is InChI=1S/C38H54O3/c1-5-6-7-10-28-11-8-13-31(23-28)38(21-22-38)36(41)19-14-26(2)33-17-18-34-29(12-9-20-37(33,34)4)15-16-30-24-32(39)25-35(40)27(30)3/h8,11,13-16,19,23,26,32-36,39-41H,3,5-7,9-10,12,17-18,20-22,24-25H2,1-2,4H3/t26-,32-,33-,34+,35+,36+,37-/m1/s1. The van der Waals surface area contributed by atoms with Crippen molar-refractivity contribution in [3.63, 3.8) is 0 Å². The van der Waals surface area contributed by atoms with Crippen LogP contribution in [0.5, 0.6) is 0 Å². The quantitative estimate of drug-likeness (QED) is 0.201. The van der Waals surface area contributed by atoms with Gasteiger partial charge in [-0.2, -0.15) is 0 Å². The second kappa shape index (κ2) is 12.7. The van der Waals surface area contributed by atoms with E-state index in [0.29, 0.717) is 30.6 Å². The number of fused-ring (bicyclic) bond motifs is 1. The molecule has 0 unspecified atom stereocenters. The Morgan fingerprint density at radius 1 is 1.07 bits per heavy atom. The molecule has 0 bridgehead atoms. The van der Waals surface area contributed by atoms with Crippen molar-refractivity contribution in [2.24, 2.45) is 23.2 Å². The Labute approximate surface area is 249 Å². The summed E-state index contributed by atoms with van der Waals surface area (Å²) in [6, 6.07) is 9.03. The molecule has 0 radical (unpaired) electrons. The van der Waals surface area contributed by atoms with Crippen LogP contribution in [0.3, 0.4) is 0 Å². The van der Waals surface area contributed by atoms with Crippen LogP contribution in [-0.2, 0) is 11.8 Å². The predicted octanol–water partition coefficient (Wildman–Crippen LogP) is 8.15. The molecule has 4 aliphatic carbocycles. The van der Waals surface area contributed by atoms with Gasteiger partial charge in [0.1, 0.15) is 0 Å². The van der Waals surface area contributed by atoms with Crippen LogP contribution in [0.15, 0.2) is 71.9 Å². The number of aliphatic hydroxyl groups excluding tert-OH is 3. The monoisotopic (exact) mass is 558 g/mol. The van der Waals surface area contributed by atoms with Crippen LogP contribution in [-0.4, -0.2) is 33.6 Å². The molecule has 224 valence electrons. The van der Waals surface area contributed by atoms with E-state index in [4.69, 9.17) is 0 Å². The van der Waals surface area contributed by atoms with E-state index in [9.17, 15) is 15.3 Å². The molecule has 4 fully saturated rings. The molecule has 7 atom stereocenters. The molecule has 4 aliphatic rings. The van der Waals surface area contributed by atoms with Gasteiger partial charge in [0, 0.05) is 11.8 Å². The molecule has 1 aromatic carbocycles. The van der Waals surface area contributed by atoms with Crippen LogP contribution in [0.1, 0.15) is 109 Å². The van der Waals surface area contributed by atoms with Crippen LogP contribution >= 0.6 is 0 Å². The van der Waals surface area contributed by atoms with Crippen molar-refractivity contribution in [2.75, 3.05) is 0 Å². The lowest BCUT2D eigenvalue weighted by Crippen LogP contribution is -2.35. The predicted molar refractivity (Wildman–Crippen MR) is 170 cm³/mol. The normalized spacial score (nSPS) is 34.7. The molecule has 0 amide bonds. The van der Waals surface area contributed by atoms with Crippen molar-refractivity contribution in [1.29, 1.82) is 0 Å². The topological polar surface area (TPSA) is 60.7 Å². The van der Waals surface area contributed by atoms with Crippen molar-refractivity contribution < 1.29 is 15.3 Å². The van der Waals surface area contributed by atoms with E-state index in [1.807, 2.05) is 0 Å². The highest BCUT2D eigenvalue weighted by Gasteiger charge is 2.51. The lowest BCUT2D eigenvalue weighted by molar-refractivity contribution is 0.0862. The molecule has 3 N–H and O–H groups in total. The first kappa shape index (κ1) is 30.5. The van der Waals surface area contributed by atoms with Crippen molar-refractivity contribution in [2.45, 2.75) is 128 Å². The summed E-state index contributed by atoms with van der Waals surface area (Å²) in [5.41, 5.74) is 6.19. The number of unbranched alkanes of at least 4 members (excludes halogenated alkanes) is 2. The molecular formula is C38H54O3. The zero-order valence-corrected chi connectivity index (χ0v) is 25.8. The molecule has 4 saturated carbocycles. The van der Waals surface area contributed by atoms with Crippen molar-refractivity contribution >= 4 is 0 Å². The first-order valence-corrected chi connectivity index (χ1v) is 16.6. The molecule has 1 aromatic rings. The highest BCUT2D eigenvalue weighted by molar-refractivity contribution is 5.39. The number of hydrogen-bond acceptors (Lipinski definition) is 3. The summed E-state index contributed by atoms with van der Waals surface area (Å²) < 4.78 is 0. The average molecular weight is 559 g/mol. The second-order valence-electron chi connectivity index (χ2n) is 14.2. The largest absolute Gasteiger partial charge is 0.393 e. The fraction of sp³-hybridized carbons (Fsp3) is 0.632. The highest BCUT2D eigenvalue weighted by atomic mass is 16.3. The Balaban J connectivity index is 1.26. The molecule has 41 heavy (non-hydrogen) atoms. The van der Waals surface area contributed by atoms with Gasteiger partial charge in [-0.15, -0.1) is 0 Å². The lowest BCUT2D eigenvalue weighted by Gasteiger charge is -2.44. The van der Waals surface area contributed by atoms with E-state index >= 15 is 0 Å². The number of hydrogen-bond donors (Lipinski definition) is 3. The summed E-state index contributed by atoms with van der Waals surface area (Å²) in [5, 5.41) is 31.9. The van der Waals surface area contributed by atoms with Crippen LogP contribution in [0.2, 0.25) is 0 Å². The maximum atomic E-state index is 11.4. The Morgan fingerprint density at radius 3 is 2.63 bits per heavy atom. The highest BCUT2D eigenvalue weighted by Crippen LogP contribution is 2.60. The molecule has 0 saturated heterocycles. The third kappa shape index (κ3) is 6.38. The van der Waals surface area contributed by atoms with Gasteiger partial charge < -0.3 is 15.3 Å². The molecule has 0 aromatic heterocycles. The molecule has 0 heterocycles. The van der Waals surface area contributed by atoms with Gasteiger partial charge in [0.25, 0.3) is 0 Å². The van der Waals surface area contributed by atoms with Gasteiger partial charge >= 0.3 is 0 Å².